The predicted octanol–water partition coefficient (Wildman–Crippen LogP) is 7.82. The van der Waals surface area contributed by atoms with Gasteiger partial charge in [-0.25, -0.2) is 4.79 Å². The summed E-state index contributed by atoms with van der Waals surface area (Å²) in [5.74, 6) is 0.920. The molecule has 1 aromatic rings. The van der Waals surface area contributed by atoms with E-state index in [4.69, 9.17) is 4.74 Å². The van der Waals surface area contributed by atoms with Gasteiger partial charge in [-0.3, -0.25) is 0 Å². The average molecular weight is 521 g/mol. The van der Waals surface area contributed by atoms with Crippen molar-refractivity contribution in [3.8, 4) is 0 Å². The minimum absolute atomic E-state index is 0.0901. The molecule has 0 saturated heterocycles. The maximum Gasteiger partial charge on any atom is 0.414 e. The van der Waals surface area contributed by atoms with Crippen LogP contribution in [0.2, 0.25) is 0 Å². The zero-order valence-corrected chi connectivity index (χ0v) is 22.7. The molecule has 4 fully saturated rings. The van der Waals surface area contributed by atoms with Crippen LogP contribution in [-0.4, -0.2) is 29.0 Å². The Bertz CT molecular complexity index is 995. The van der Waals surface area contributed by atoms with Gasteiger partial charge < -0.3 is 9.84 Å². The van der Waals surface area contributed by atoms with Crippen molar-refractivity contribution in [3.63, 3.8) is 0 Å². The number of halogens is 3. The Hall–Kier alpha value is -1.56. The van der Waals surface area contributed by atoms with Gasteiger partial charge in [-0.2, -0.15) is 13.2 Å². The number of benzene rings is 1. The molecule has 10 atom stereocenters. The molecule has 0 bridgehead atoms. The van der Waals surface area contributed by atoms with Gasteiger partial charge in [-0.15, -0.1) is 0 Å². The van der Waals surface area contributed by atoms with Crippen LogP contribution in [-0.2, 0) is 4.74 Å². The maximum atomic E-state index is 13.4. The largest absolute Gasteiger partial charge is 0.456 e. The third-order valence-electron chi connectivity index (χ3n) is 11.8. The Labute approximate surface area is 219 Å². The van der Waals surface area contributed by atoms with Crippen LogP contribution in [0.1, 0.15) is 95.8 Å². The van der Waals surface area contributed by atoms with Crippen LogP contribution in [0.15, 0.2) is 30.3 Å². The van der Waals surface area contributed by atoms with E-state index in [-0.39, 0.29) is 22.7 Å². The lowest BCUT2D eigenvalue weighted by atomic mass is 9.43. The lowest BCUT2D eigenvalue weighted by molar-refractivity contribution is -0.228. The summed E-state index contributed by atoms with van der Waals surface area (Å²) >= 11 is 0. The number of aliphatic hydroxyl groups is 1. The topological polar surface area (TPSA) is 46.5 Å². The highest BCUT2D eigenvalue weighted by Crippen LogP contribution is 2.69. The molecule has 1 N–H and O–H groups in total. The van der Waals surface area contributed by atoms with Crippen molar-refractivity contribution in [2.75, 3.05) is 0 Å². The predicted molar refractivity (Wildman–Crippen MR) is 137 cm³/mol. The number of rotatable bonds is 4. The number of esters is 1. The Morgan fingerprint density at radius 3 is 2.30 bits per heavy atom. The van der Waals surface area contributed by atoms with Crippen LogP contribution in [0.3, 0.4) is 0 Å². The van der Waals surface area contributed by atoms with Gasteiger partial charge in [0, 0.05) is 0 Å². The van der Waals surface area contributed by atoms with E-state index in [9.17, 15) is 23.1 Å². The first-order chi connectivity index (χ1) is 17.3. The summed E-state index contributed by atoms with van der Waals surface area (Å²) in [7, 11) is 0. The molecule has 206 valence electrons. The minimum Gasteiger partial charge on any atom is -0.456 e. The van der Waals surface area contributed by atoms with Crippen molar-refractivity contribution in [3.05, 3.63) is 35.9 Å². The third-order valence-corrected chi connectivity index (χ3v) is 11.8. The molecule has 1 aromatic carbocycles. The van der Waals surface area contributed by atoms with Gasteiger partial charge in [0.25, 0.3) is 0 Å². The molecule has 4 saturated carbocycles. The average Bonchev–Trinajstić information content (AvgIpc) is 3.20. The van der Waals surface area contributed by atoms with Crippen molar-refractivity contribution in [2.45, 2.75) is 103 Å². The first-order valence-electron chi connectivity index (χ1n) is 14.3. The van der Waals surface area contributed by atoms with E-state index in [1.807, 2.05) is 18.2 Å². The lowest BCUT2D eigenvalue weighted by Gasteiger charge is -2.62. The van der Waals surface area contributed by atoms with Gasteiger partial charge in [0.2, 0.25) is 0 Å². The van der Waals surface area contributed by atoms with Gasteiger partial charge in [-0.05, 0) is 123 Å². The van der Waals surface area contributed by atoms with Crippen LogP contribution >= 0.6 is 0 Å². The highest BCUT2D eigenvalue weighted by atomic mass is 19.4. The number of ether oxygens (including phenoxy) is 1. The van der Waals surface area contributed by atoms with Crippen LogP contribution in [0, 0.1) is 46.3 Å². The van der Waals surface area contributed by atoms with Crippen molar-refractivity contribution >= 4 is 5.97 Å². The Kier molecular flexibility index (Phi) is 6.77. The number of fused-ring (bicyclic) bond motifs is 5. The van der Waals surface area contributed by atoms with E-state index in [0.717, 1.165) is 57.8 Å². The summed E-state index contributed by atoms with van der Waals surface area (Å²) in [6.45, 7) is 8.37. The summed E-state index contributed by atoms with van der Waals surface area (Å²) in [6, 6.07) is 9.20. The molecule has 3 nitrogen and oxygen atoms in total. The number of alkyl halides is 3. The molecular formula is C31H43F3O3. The van der Waals surface area contributed by atoms with Crippen LogP contribution in [0.4, 0.5) is 13.2 Å². The van der Waals surface area contributed by atoms with Gasteiger partial charge >= 0.3 is 12.1 Å². The van der Waals surface area contributed by atoms with Gasteiger partial charge in [-0.1, -0.05) is 39.0 Å². The molecule has 0 radical (unpaired) electrons. The summed E-state index contributed by atoms with van der Waals surface area (Å²) in [5.41, 5.74) is 0.171. The molecule has 0 heterocycles. The molecule has 4 aliphatic carbocycles. The minimum atomic E-state index is -4.56. The van der Waals surface area contributed by atoms with E-state index >= 15 is 0 Å². The van der Waals surface area contributed by atoms with E-state index < -0.39 is 23.8 Å². The Morgan fingerprint density at radius 1 is 0.946 bits per heavy atom. The first-order valence-corrected chi connectivity index (χ1v) is 14.3. The second-order valence-corrected chi connectivity index (χ2v) is 13.6. The number of aliphatic hydroxyl groups excluding tert-OH is 1. The first kappa shape index (κ1) is 27.0. The fourth-order valence-corrected chi connectivity index (χ4v) is 9.79. The summed E-state index contributed by atoms with van der Waals surface area (Å²) in [6.07, 6.45) is 1.90. The van der Waals surface area contributed by atoms with Gasteiger partial charge in [0.15, 0.2) is 6.10 Å². The summed E-state index contributed by atoms with van der Waals surface area (Å²) in [4.78, 5) is 12.8. The quantitative estimate of drug-likeness (QED) is 0.412. The summed E-state index contributed by atoms with van der Waals surface area (Å²) in [5, 5.41) is 10.1. The van der Waals surface area contributed by atoms with Crippen LogP contribution in [0.25, 0.3) is 0 Å². The number of hydrogen-bond acceptors (Lipinski definition) is 3. The molecule has 5 rings (SSSR count). The van der Waals surface area contributed by atoms with Crippen molar-refractivity contribution < 1.29 is 27.8 Å². The van der Waals surface area contributed by atoms with E-state index in [2.05, 4.69) is 20.8 Å². The standard InChI is InChI=1S/C31H43F3O3/c1-19(26(35)31(32,33)34)23-12-13-24-22-11-10-21-18-28(2,37-27(36)20-8-6-5-7-9-20)16-17-29(21,3)25(22)14-15-30(23,24)4/h5-9,19,21-26,35H,10-18H2,1-4H3/t19-,21+,22-,23+,24-,25-,26-,28-,29-,30+/m0/s1. The van der Waals surface area contributed by atoms with E-state index in [0.29, 0.717) is 29.2 Å². The molecule has 0 amide bonds. The van der Waals surface area contributed by atoms with Crippen molar-refractivity contribution in [1.29, 1.82) is 0 Å². The second kappa shape index (κ2) is 9.27. The van der Waals surface area contributed by atoms with E-state index in [1.54, 1.807) is 19.1 Å². The zero-order valence-electron chi connectivity index (χ0n) is 22.7. The fraction of sp³-hybridized carbons (Fsp3) is 0.774. The van der Waals surface area contributed by atoms with Crippen molar-refractivity contribution in [2.24, 2.45) is 46.3 Å². The van der Waals surface area contributed by atoms with E-state index in [1.165, 1.54) is 0 Å². The highest BCUT2D eigenvalue weighted by molar-refractivity contribution is 5.89. The van der Waals surface area contributed by atoms with Crippen molar-refractivity contribution in [1.82, 2.24) is 0 Å². The molecule has 0 unspecified atom stereocenters. The normalized spacial score (nSPS) is 43.2. The highest BCUT2D eigenvalue weighted by Gasteiger charge is 2.63. The van der Waals surface area contributed by atoms with Crippen LogP contribution in [0.5, 0.6) is 0 Å². The monoisotopic (exact) mass is 520 g/mol. The lowest BCUT2D eigenvalue weighted by Crippen LogP contribution is -2.56. The summed E-state index contributed by atoms with van der Waals surface area (Å²) < 4.78 is 46.2. The Morgan fingerprint density at radius 2 is 1.62 bits per heavy atom. The molecule has 0 spiro atoms. The molecule has 6 heteroatoms. The maximum absolute atomic E-state index is 13.4. The van der Waals surface area contributed by atoms with Crippen LogP contribution < -0.4 is 0 Å². The second-order valence-electron chi connectivity index (χ2n) is 13.6. The number of carbonyl (C=O) groups excluding carboxylic acids is 1. The Balaban J connectivity index is 1.30. The number of carbonyl (C=O) groups is 1. The zero-order chi connectivity index (χ0) is 26.8. The molecule has 4 aliphatic rings. The fourth-order valence-electron chi connectivity index (χ4n) is 9.79. The molecule has 0 aliphatic heterocycles. The smallest absolute Gasteiger partial charge is 0.414 e. The third kappa shape index (κ3) is 4.53. The molecule has 37 heavy (non-hydrogen) atoms. The SMILES string of the molecule is C[C@@H]([C@H]1CC[C@H]2[C@@H]3CC[C@@H]4C[C@@](C)(OC(=O)c5ccccc5)CC[C@]4(C)[C@H]3CC[C@]12C)[C@H](O)C(F)(F)F. The molecular weight excluding hydrogens is 477 g/mol. The molecule has 0 aromatic heterocycles. The van der Waals surface area contributed by atoms with Gasteiger partial charge in [0.05, 0.1) is 5.56 Å². The number of hydrogen-bond donors (Lipinski definition) is 1. The van der Waals surface area contributed by atoms with Gasteiger partial charge in [0.1, 0.15) is 5.60 Å².